The number of allylic oxidation sites excluding steroid dienone is 4. The van der Waals surface area contributed by atoms with Gasteiger partial charge in [0.2, 0.25) is 0 Å². The fraction of sp³-hybridized carbons (Fsp3) is 0.217. The van der Waals surface area contributed by atoms with Gasteiger partial charge in [-0.25, -0.2) is 0 Å². The van der Waals surface area contributed by atoms with E-state index in [1.165, 1.54) is 32.7 Å². The first-order chi connectivity index (χ1) is 11.6. The van der Waals surface area contributed by atoms with Crippen molar-refractivity contribution in [3.8, 4) is 0 Å². The van der Waals surface area contributed by atoms with E-state index in [-0.39, 0.29) is 0 Å². The van der Waals surface area contributed by atoms with Crippen molar-refractivity contribution < 1.29 is 0 Å². The van der Waals surface area contributed by atoms with Gasteiger partial charge in [0.1, 0.15) is 0 Å². The first-order valence-electron chi connectivity index (χ1n) is 8.88. The summed E-state index contributed by atoms with van der Waals surface area (Å²) in [6.45, 7) is 9.56. The Hall–Kier alpha value is -2.12. The molecule has 0 spiro atoms. The van der Waals surface area contributed by atoms with Crippen LogP contribution in [0.25, 0.3) is 27.1 Å². The fourth-order valence-electron chi connectivity index (χ4n) is 4.17. The molecule has 0 saturated heterocycles. The Kier molecular flexibility index (Phi) is 3.69. The molecule has 0 nitrogen and oxygen atoms in total. The minimum Gasteiger partial charge on any atom is -0.0772 e. The van der Waals surface area contributed by atoms with E-state index in [2.05, 4.69) is 81.5 Å². The molecule has 1 aliphatic carbocycles. The molecule has 0 radical (unpaired) electrons. The van der Waals surface area contributed by atoms with Gasteiger partial charge in [-0.05, 0) is 64.6 Å². The summed E-state index contributed by atoms with van der Waals surface area (Å²) in [7, 11) is -0.768. The average molecular weight is 329 g/mol. The van der Waals surface area contributed by atoms with Crippen molar-refractivity contribution >= 4 is 35.9 Å². The maximum absolute atomic E-state index is 2.45. The largest absolute Gasteiger partial charge is 0.0772 e. The van der Waals surface area contributed by atoms with Crippen LogP contribution in [0, 0.1) is 0 Å². The molecular formula is C23H24Si. The highest BCUT2D eigenvalue weighted by molar-refractivity contribution is 6.64. The molecule has 3 aromatic rings. The first kappa shape index (κ1) is 15.4. The van der Waals surface area contributed by atoms with Crippen LogP contribution < -0.4 is 0 Å². The van der Waals surface area contributed by atoms with Crippen molar-refractivity contribution in [3.05, 3.63) is 76.5 Å². The molecule has 0 N–H and O–H groups in total. The molecule has 0 atom stereocenters. The number of rotatable bonds is 2. The summed E-state index contributed by atoms with van der Waals surface area (Å²) in [6, 6.07) is 20.0. The Morgan fingerprint density at radius 3 is 1.79 bits per heavy atom. The van der Waals surface area contributed by atoms with Crippen LogP contribution in [0.3, 0.4) is 0 Å². The zero-order chi connectivity index (χ0) is 16.8. The van der Waals surface area contributed by atoms with Crippen LogP contribution in [0.2, 0.25) is 13.1 Å². The Labute approximate surface area is 146 Å². The van der Waals surface area contributed by atoms with Crippen LogP contribution in [-0.4, -0.2) is 8.80 Å². The van der Waals surface area contributed by atoms with E-state index in [1.807, 2.05) is 0 Å². The summed E-state index contributed by atoms with van der Waals surface area (Å²) in [5.41, 5.74) is 6.08. The van der Waals surface area contributed by atoms with Crippen molar-refractivity contribution in [1.29, 1.82) is 0 Å². The minimum atomic E-state index is -0.768. The van der Waals surface area contributed by atoms with Crippen molar-refractivity contribution in [2.24, 2.45) is 0 Å². The summed E-state index contributed by atoms with van der Waals surface area (Å²) < 4.78 is 0. The normalized spacial score (nSPS) is 15.4. The molecule has 1 aliphatic rings. The lowest BCUT2D eigenvalue weighted by Gasteiger charge is -2.15. The van der Waals surface area contributed by atoms with E-state index in [0.717, 1.165) is 6.42 Å². The van der Waals surface area contributed by atoms with Gasteiger partial charge in [-0.1, -0.05) is 72.4 Å². The van der Waals surface area contributed by atoms with Gasteiger partial charge in [0.15, 0.2) is 0 Å². The Bertz CT molecular complexity index is 965. The van der Waals surface area contributed by atoms with Crippen molar-refractivity contribution in [2.75, 3.05) is 0 Å². The molecule has 3 aromatic carbocycles. The van der Waals surface area contributed by atoms with E-state index >= 15 is 0 Å². The van der Waals surface area contributed by atoms with Gasteiger partial charge in [0, 0.05) is 0 Å². The predicted molar refractivity (Wildman–Crippen MR) is 110 cm³/mol. The van der Waals surface area contributed by atoms with Crippen LogP contribution >= 0.6 is 0 Å². The Morgan fingerprint density at radius 1 is 0.750 bits per heavy atom. The zero-order valence-corrected chi connectivity index (χ0v) is 16.1. The van der Waals surface area contributed by atoms with E-state index < -0.39 is 8.80 Å². The van der Waals surface area contributed by atoms with E-state index in [4.69, 9.17) is 0 Å². The minimum absolute atomic E-state index is 0.768. The van der Waals surface area contributed by atoms with Crippen LogP contribution in [0.5, 0.6) is 0 Å². The fourth-order valence-corrected chi connectivity index (χ4v) is 5.87. The van der Waals surface area contributed by atoms with Crippen LogP contribution in [0.15, 0.2) is 70.9 Å². The topological polar surface area (TPSA) is 0 Å². The van der Waals surface area contributed by atoms with Gasteiger partial charge in [-0.15, -0.1) is 0 Å². The number of benzene rings is 3. The highest BCUT2D eigenvalue weighted by Gasteiger charge is 2.24. The quantitative estimate of drug-likeness (QED) is 0.371. The summed E-state index contributed by atoms with van der Waals surface area (Å²) in [4.78, 5) is 0. The summed E-state index contributed by atoms with van der Waals surface area (Å²) in [5, 5.41) is 7.22. The number of fused-ring (bicyclic) bond motifs is 2. The second-order valence-electron chi connectivity index (χ2n) is 7.28. The second kappa shape index (κ2) is 5.75. The SMILES string of the molecule is CC1=C(c2c3ccccc3cc3ccccc23)CC([SiH](C)C)=C1C. The lowest BCUT2D eigenvalue weighted by molar-refractivity contribution is 1.34. The number of hydrogen-bond donors (Lipinski definition) is 0. The molecule has 0 fully saturated rings. The molecule has 0 unspecified atom stereocenters. The predicted octanol–water partition coefficient (Wildman–Crippen LogP) is 6.51. The molecule has 0 aliphatic heterocycles. The molecule has 4 rings (SSSR count). The van der Waals surface area contributed by atoms with E-state index in [0.29, 0.717) is 0 Å². The van der Waals surface area contributed by atoms with Gasteiger partial charge in [-0.3, -0.25) is 0 Å². The highest BCUT2D eigenvalue weighted by atomic mass is 28.3. The summed E-state index contributed by atoms with van der Waals surface area (Å²) in [6.07, 6.45) is 1.15. The van der Waals surface area contributed by atoms with Crippen LogP contribution in [0.4, 0.5) is 0 Å². The van der Waals surface area contributed by atoms with Crippen molar-refractivity contribution in [3.63, 3.8) is 0 Å². The van der Waals surface area contributed by atoms with Gasteiger partial charge >= 0.3 is 0 Å². The van der Waals surface area contributed by atoms with Crippen molar-refractivity contribution in [1.82, 2.24) is 0 Å². The molecule has 0 heterocycles. The molecule has 1 heteroatoms. The third kappa shape index (κ3) is 2.27. The monoisotopic (exact) mass is 328 g/mol. The van der Waals surface area contributed by atoms with Crippen LogP contribution in [0.1, 0.15) is 25.8 Å². The molecular weight excluding hydrogens is 304 g/mol. The lowest BCUT2D eigenvalue weighted by Crippen LogP contribution is -2.05. The maximum atomic E-state index is 2.45. The van der Waals surface area contributed by atoms with Gasteiger partial charge in [-0.2, -0.15) is 0 Å². The first-order valence-corrected chi connectivity index (χ1v) is 11.8. The van der Waals surface area contributed by atoms with Gasteiger partial charge in [0.05, 0.1) is 8.80 Å². The van der Waals surface area contributed by atoms with Gasteiger partial charge < -0.3 is 0 Å². The number of hydrogen-bond acceptors (Lipinski definition) is 0. The second-order valence-corrected chi connectivity index (χ2v) is 10.3. The standard InChI is InChI=1S/C23H24Si/c1-15-16(2)22(24(3)4)14-21(15)23-19-11-7-5-9-17(19)13-18-10-6-8-12-20(18)23/h5-13,24H,14H2,1-4H3. The average Bonchev–Trinajstić information content (AvgIpc) is 2.88. The van der Waals surface area contributed by atoms with Gasteiger partial charge in [0.25, 0.3) is 0 Å². The third-order valence-corrected chi connectivity index (χ3v) is 7.67. The Morgan fingerprint density at radius 2 is 1.29 bits per heavy atom. The molecule has 120 valence electrons. The molecule has 0 aromatic heterocycles. The highest BCUT2D eigenvalue weighted by Crippen LogP contribution is 2.44. The summed E-state index contributed by atoms with van der Waals surface area (Å²) in [5.74, 6) is 0. The third-order valence-electron chi connectivity index (χ3n) is 5.63. The molecule has 0 amide bonds. The van der Waals surface area contributed by atoms with E-state index in [1.54, 1.807) is 16.3 Å². The van der Waals surface area contributed by atoms with E-state index in [9.17, 15) is 0 Å². The zero-order valence-electron chi connectivity index (χ0n) is 15.0. The molecule has 0 saturated carbocycles. The van der Waals surface area contributed by atoms with Crippen LogP contribution in [-0.2, 0) is 0 Å². The maximum Gasteiger partial charge on any atom is 0.0603 e. The van der Waals surface area contributed by atoms with Crippen molar-refractivity contribution in [2.45, 2.75) is 33.4 Å². The molecule has 0 bridgehead atoms. The Balaban J connectivity index is 2.06. The molecule has 24 heavy (non-hydrogen) atoms. The smallest absolute Gasteiger partial charge is 0.0603 e. The summed E-state index contributed by atoms with van der Waals surface area (Å²) >= 11 is 0. The lowest BCUT2D eigenvalue weighted by atomic mass is 9.90.